The molecular weight excluding hydrogens is 435 g/mol. The molecule has 1 N–H and O–H groups in total. The van der Waals surface area contributed by atoms with Gasteiger partial charge in [-0.2, -0.15) is 0 Å². The minimum atomic E-state index is -0.672. The molecule has 168 valence electrons. The van der Waals surface area contributed by atoms with Crippen LogP contribution in [0.4, 0.5) is 0 Å². The van der Waals surface area contributed by atoms with E-state index in [1.165, 1.54) is 10.5 Å². The number of nitrogens with one attached hydrogen (secondary N) is 1. The van der Waals surface area contributed by atoms with Crippen LogP contribution in [0.3, 0.4) is 0 Å². The predicted molar refractivity (Wildman–Crippen MR) is 126 cm³/mol. The highest BCUT2D eigenvalue weighted by molar-refractivity contribution is 6.42. The first-order valence-corrected chi connectivity index (χ1v) is 11.0. The third kappa shape index (κ3) is 7.15. The third-order valence-corrected chi connectivity index (χ3v) is 5.68. The SMILES string of the molecule is CCNC(=O)[C@@H](C)N(Cc1ccc(Cl)c(Cl)c1)C(=O)COc1ccc(C(C)(C)C)cc1. The summed E-state index contributed by atoms with van der Waals surface area (Å²) >= 11 is 12.1. The summed E-state index contributed by atoms with van der Waals surface area (Å²) < 4.78 is 5.72. The van der Waals surface area contributed by atoms with Gasteiger partial charge in [-0.15, -0.1) is 0 Å². The van der Waals surface area contributed by atoms with Crippen LogP contribution in [0.25, 0.3) is 0 Å². The molecular formula is C24H30Cl2N2O3. The highest BCUT2D eigenvalue weighted by Gasteiger charge is 2.26. The van der Waals surface area contributed by atoms with E-state index in [9.17, 15) is 9.59 Å². The molecule has 0 unspecified atom stereocenters. The fraction of sp³-hybridized carbons (Fsp3) is 0.417. The van der Waals surface area contributed by atoms with Crippen molar-refractivity contribution in [1.82, 2.24) is 10.2 Å². The van der Waals surface area contributed by atoms with Gasteiger partial charge in [-0.1, -0.05) is 62.2 Å². The van der Waals surface area contributed by atoms with Gasteiger partial charge in [-0.3, -0.25) is 9.59 Å². The normalized spacial score (nSPS) is 12.2. The van der Waals surface area contributed by atoms with Gasteiger partial charge in [0.25, 0.3) is 5.91 Å². The van der Waals surface area contributed by atoms with Crippen LogP contribution >= 0.6 is 23.2 Å². The number of carbonyl (C=O) groups excluding carboxylic acids is 2. The van der Waals surface area contributed by atoms with Gasteiger partial charge in [0, 0.05) is 13.1 Å². The zero-order valence-electron chi connectivity index (χ0n) is 18.7. The van der Waals surface area contributed by atoms with Crippen molar-refractivity contribution in [3.05, 3.63) is 63.6 Å². The Balaban J connectivity index is 2.15. The van der Waals surface area contributed by atoms with Crippen molar-refractivity contribution < 1.29 is 14.3 Å². The molecule has 31 heavy (non-hydrogen) atoms. The maximum Gasteiger partial charge on any atom is 0.261 e. The molecule has 0 radical (unpaired) electrons. The lowest BCUT2D eigenvalue weighted by Crippen LogP contribution is -2.49. The smallest absolute Gasteiger partial charge is 0.261 e. The van der Waals surface area contributed by atoms with E-state index in [1.807, 2.05) is 31.2 Å². The van der Waals surface area contributed by atoms with Gasteiger partial charge in [0.15, 0.2) is 6.61 Å². The highest BCUT2D eigenvalue weighted by Crippen LogP contribution is 2.25. The zero-order chi connectivity index (χ0) is 23.2. The quantitative estimate of drug-likeness (QED) is 0.582. The first-order valence-electron chi connectivity index (χ1n) is 10.3. The summed E-state index contributed by atoms with van der Waals surface area (Å²) in [5.41, 5.74) is 1.98. The Hall–Kier alpha value is -2.24. The topological polar surface area (TPSA) is 58.6 Å². The lowest BCUT2D eigenvalue weighted by molar-refractivity contribution is -0.142. The van der Waals surface area contributed by atoms with Crippen LogP contribution in [0.2, 0.25) is 10.0 Å². The van der Waals surface area contributed by atoms with E-state index < -0.39 is 6.04 Å². The second-order valence-electron chi connectivity index (χ2n) is 8.40. The van der Waals surface area contributed by atoms with Crippen LogP contribution in [0.1, 0.15) is 45.7 Å². The number of carbonyl (C=O) groups is 2. The van der Waals surface area contributed by atoms with Crippen molar-refractivity contribution in [3.63, 3.8) is 0 Å². The monoisotopic (exact) mass is 464 g/mol. The van der Waals surface area contributed by atoms with Gasteiger partial charge >= 0.3 is 0 Å². The minimum Gasteiger partial charge on any atom is -0.484 e. The highest BCUT2D eigenvalue weighted by atomic mass is 35.5. The van der Waals surface area contributed by atoms with E-state index in [4.69, 9.17) is 27.9 Å². The lowest BCUT2D eigenvalue weighted by atomic mass is 9.87. The van der Waals surface area contributed by atoms with Crippen LogP contribution in [-0.4, -0.2) is 35.9 Å². The molecule has 2 rings (SSSR count). The Kier molecular flexibility index (Phi) is 8.78. The summed E-state index contributed by atoms with van der Waals surface area (Å²) in [4.78, 5) is 26.9. The molecule has 2 amide bonds. The van der Waals surface area contributed by atoms with Crippen molar-refractivity contribution in [3.8, 4) is 5.75 Å². The van der Waals surface area contributed by atoms with E-state index in [2.05, 4.69) is 26.1 Å². The van der Waals surface area contributed by atoms with Gasteiger partial charge in [0.2, 0.25) is 5.91 Å². The number of ether oxygens (including phenoxy) is 1. The first-order chi connectivity index (χ1) is 14.5. The molecule has 0 fully saturated rings. The maximum absolute atomic E-state index is 13.0. The van der Waals surface area contributed by atoms with E-state index in [0.29, 0.717) is 22.3 Å². The Morgan fingerprint density at radius 2 is 1.71 bits per heavy atom. The molecule has 0 spiro atoms. The number of benzene rings is 2. The number of halogens is 2. The van der Waals surface area contributed by atoms with Crippen molar-refractivity contribution in [2.24, 2.45) is 0 Å². The van der Waals surface area contributed by atoms with Crippen LogP contribution in [-0.2, 0) is 21.5 Å². The minimum absolute atomic E-state index is 0.0348. The second kappa shape index (κ2) is 10.9. The molecule has 0 saturated heterocycles. The summed E-state index contributed by atoms with van der Waals surface area (Å²) in [7, 11) is 0. The van der Waals surface area contributed by atoms with Gasteiger partial charge in [0.1, 0.15) is 11.8 Å². The van der Waals surface area contributed by atoms with E-state index in [0.717, 1.165) is 5.56 Å². The van der Waals surface area contributed by atoms with Crippen LogP contribution in [0.5, 0.6) is 5.75 Å². The van der Waals surface area contributed by atoms with Crippen molar-refractivity contribution >= 4 is 35.0 Å². The molecule has 0 saturated carbocycles. The Bertz CT molecular complexity index is 908. The van der Waals surface area contributed by atoms with Gasteiger partial charge < -0.3 is 15.0 Å². The average Bonchev–Trinajstić information content (AvgIpc) is 2.72. The molecule has 0 aromatic heterocycles. The Labute approximate surface area is 194 Å². The number of likely N-dealkylation sites (N-methyl/N-ethyl adjacent to an activating group) is 1. The first kappa shape index (κ1) is 25.0. The molecule has 0 aliphatic heterocycles. The molecule has 5 nitrogen and oxygen atoms in total. The summed E-state index contributed by atoms with van der Waals surface area (Å²) in [6.45, 7) is 10.4. The number of hydrogen-bond acceptors (Lipinski definition) is 3. The molecule has 0 heterocycles. The Morgan fingerprint density at radius 3 is 2.26 bits per heavy atom. The van der Waals surface area contributed by atoms with E-state index >= 15 is 0 Å². The van der Waals surface area contributed by atoms with Crippen molar-refractivity contribution in [2.75, 3.05) is 13.2 Å². The molecule has 7 heteroatoms. The maximum atomic E-state index is 13.0. The zero-order valence-corrected chi connectivity index (χ0v) is 20.2. The molecule has 2 aromatic rings. The Morgan fingerprint density at radius 1 is 1.06 bits per heavy atom. The van der Waals surface area contributed by atoms with Gasteiger partial charge in [-0.25, -0.2) is 0 Å². The van der Waals surface area contributed by atoms with Crippen LogP contribution in [0.15, 0.2) is 42.5 Å². The van der Waals surface area contributed by atoms with Gasteiger partial charge in [-0.05, 0) is 54.7 Å². The van der Waals surface area contributed by atoms with E-state index in [-0.39, 0.29) is 30.4 Å². The summed E-state index contributed by atoms with van der Waals surface area (Å²) in [5, 5.41) is 3.59. The number of nitrogens with zero attached hydrogens (tertiary/aromatic N) is 1. The third-order valence-electron chi connectivity index (χ3n) is 4.94. The average molecular weight is 465 g/mol. The summed E-state index contributed by atoms with van der Waals surface area (Å²) in [6, 6.07) is 12.2. The van der Waals surface area contributed by atoms with Gasteiger partial charge in [0.05, 0.1) is 10.0 Å². The fourth-order valence-electron chi connectivity index (χ4n) is 3.02. The number of hydrogen-bond donors (Lipinski definition) is 1. The van der Waals surface area contributed by atoms with Crippen molar-refractivity contribution in [1.29, 1.82) is 0 Å². The molecule has 0 bridgehead atoms. The molecule has 1 atom stereocenters. The molecule has 2 aromatic carbocycles. The largest absolute Gasteiger partial charge is 0.484 e. The van der Waals surface area contributed by atoms with Crippen molar-refractivity contribution in [2.45, 2.75) is 52.6 Å². The van der Waals surface area contributed by atoms with Crippen LogP contribution < -0.4 is 10.1 Å². The number of amides is 2. The standard InChI is InChI=1S/C24H30Cl2N2O3/c1-6-27-23(30)16(2)28(14-17-7-12-20(25)21(26)13-17)22(29)15-31-19-10-8-18(9-11-19)24(3,4)5/h7-13,16H,6,14-15H2,1-5H3,(H,27,30)/t16-/m1/s1. The van der Waals surface area contributed by atoms with E-state index in [1.54, 1.807) is 25.1 Å². The van der Waals surface area contributed by atoms with Crippen LogP contribution in [0, 0.1) is 0 Å². The molecule has 0 aliphatic rings. The molecule has 0 aliphatic carbocycles. The lowest BCUT2D eigenvalue weighted by Gasteiger charge is -2.28. The summed E-state index contributed by atoms with van der Waals surface area (Å²) in [6.07, 6.45) is 0. The second-order valence-corrected chi connectivity index (χ2v) is 9.22. The predicted octanol–water partition coefficient (Wildman–Crippen LogP) is 5.22. The fourth-order valence-corrected chi connectivity index (χ4v) is 3.34. The summed E-state index contributed by atoms with van der Waals surface area (Å²) in [5.74, 6) is 0.0664. The number of rotatable bonds is 8.